The van der Waals surface area contributed by atoms with E-state index in [0.717, 1.165) is 5.75 Å². The van der Waals surface area contributed by atoms with E-state index >= 15 is 0 Å². The summed E-state index contributed by atoms with van der Waals surface area (Å²) < 4.78 is 4.95. The number of ether oxygens (including phenoxy) is 1. The zero-order valence-electron chi connectivity index (χ0n) is 5.66. The number of aromatic nitrogens is 1. The van der Waals surface area contributed by atoms with Crippen LogP contribution in [-0.4, -0.2) is 4.98 Å². The van der Waals surface area contributed by atoms with Crippen molar-refractivity contribution >= 4 is 0 Å². The van der Waals surface area contributed by atoms with Crippen LogP contribution in [0.2, 0.25) is 0 Å². The van der Waals surface area contributed by atoms with Crippen molar-refractivity contribution in [2.45, 2.75) is 6.92 Å². The largest absolute Gasteiger partial charge is 0.407 e. The molecule has 0 bridgehead atoms. The Kier molecular flexibility index (Phi) is 2.33. The van der Waals surface area contributed by atoms with Crippen molar-refractivity contribution in [2.24, 2.45) is 0 Å². The summed E-state index contributed by atoms with van der Waals surface area (Å²) in [4.78, 5) is 3.83. The summed E-state index contributed by atoms with van der Waals surface area (Å²) in [6, 6.07) is 3.51. The van der Waals surface area contributed by atoms with E-state index in [9.17, 15) is 0 Å². The third kappa shape index (κ3) is 1.79. The van der Waals surface area contributed by atoms with Crippen molar-refractivity contribution in [3.8, 4) is 17.8 Å². The van der Waals surface area contributed by atoms with Gasteiger partial charge in [0.1, 0.15) is 11.9 Å². The summed E-state index contributed by atoms with van der Waals surface area (Å²) in [6.07, 6.45) is 5.81. The molecule has 0 unspecified atom stereocenters. The van der Waals surface area contributed by atoms with Gasteiger partial charge in [-0.2, -0.15) is 0 Å². The van der Waals surface area contributed by atoms with E-state index in [1.165, 1.54) is 0 Å². The number of hydrogen-bond acceptors (Lipinski definition) is 2. The molecular weight excluding hydrogens is 126 g/mol. The van der Waals surface area contributed by atoms with Crippen LogP contribution in [0.25, 0.3) is 0 Å². The fraction of sp³-hybridized carbons (Fsp3) is 0.125. The van der Waals surface area contributed by atoms with Gasteiger partial charge < -0.3 is 4.74 Å². The van der Waals surface area contributed by atoms with Gasteiger partial charge in [-0.3, -0.25) is 4.98 Å². The molecule has 0 atom stereocenters. The van der Waals surface area contributed by atoms with E-state index in [4.69, 9.17) is 4.74 Å². The third-order valence-corrected chi connectivity index (χ3v) is 0.921. The average Bonchev–Trinajstić information content (AvgIpc) is 2.03. The first-order valence-corrected chi connectivity index (χ1v) is 2.92. The Morgan fingerprint density at radius 3 is 2.70 bits per heavy atom. The second-order valence-corrected chi connectivity index (χ2v) is 1.64. The standard InChI is InChI=1S/C8H7NO/c1-2-7-10-8-3-5-9-6-4-8/h3-6H,1H3. The Morgan fingerprint density at radius 2 is 2.10 bits per heavy atom. The highest BCUT2D eigenvalue weighted by Gasteiger charge is 1.84. The molecule has 50 valence electrons. The van der Waals surface area contributed by atoms with Gasteiger partial charge in [0, 0.05) is 31.5 Å². The Balaban J connectivity index is 2.64. The molecule has 0 spiro atoms. The minimum atomic E-state index is 0.726. The molecule has 0 amide bonds. The van der Waals surface area contributed by atoms with Crippen LogP contribution in [-0.2, 0) is 0 Å². The van der Waals surface area contributed by atoms with Gasteiger partial charge in [-0.1, -0.05) is 5.92 Å². The molecule has 0 aliphatic carbocycles. The van der Waals surface area contributed by atoms with Gasteiger partial charge in [-0.15, -0.1) is 0 Å². The minimum absolute atomic E-state index is 0.726. The average molecular weight is 133 g/mol. The first kappa shape index (κ1) is 6.63. The van der Waals surface area contributed by atoms with Crippen LogP contribution in [0.4, 0.5) is 0 Å². The molecule has 1 rings (SSSR count). The summed E-state index contributed by atoms with van der Waals surface area (Å²) in [7, 11) is 0. The molecular formula is C8H7NO. The molecule has 2 heteroatoms. The Bertz CT molecular complexity index is 245. The SMILES string of the molecule is CC#COc1ccncc1. The lowest BCUT2D eigenvalue weighted by molar-refractivity contribution is 0.518. The molecule has 0 aliphatic heterocycles. The fourth-order valence-electron chi connectivity index (χ4n) is 0.516. The van der Waals surface area contributed by atoms with Gasteiger partial charge in [0.25, 0.3) is 0 Å². The predicted molar refractivity (Wildman–Crippen MR) is 38.3 cm³/mol. The van der Waals surface area contributed by atoms with Crippen LogP contribution in [0.3, 0.4) is 0 Å². The van der Waals surface area contributed by atoms with E-state index in [1.54, 1.807) is 31.5 Å². The zero-order valence-corrected chi connectivity index (χ0v) is 5.66. The third-order valence-electron chi connectivity index (χ3n) is 0.921. The monoisotopic (exact) mass is 133 g/mol. The van der Waals surface area contributed by atoms with Gasteiger partial charge >= 0.3 is 0 Å². The maximum atomic E-state index is 4.95. The molecule has 0 N–H and O–H groups in total. The quantitative estimate of drug-likeness (QED) is 0.541. The Labute approximate surface area is 59.9 Å². The number of hydrogen-bond donors (Lipinski definition) is 0. The van der Waals surface area contributed by atoms with Gasteiger partial charge in [-0.05, 0) is 0 Å². The molecule has 0 aromatic carbocycles. The molecule has 0 fully saturated rings. The van der Waals surface area contributed by atoms with Crippen LogP contribution < -0.4 is 4.74 Å². The zero-order chi connectivity index (χ0) is 7.23. The molecule has 0 aliphatic rings. The summed E-state index contributed by atoms with van der Waals surface area (Å²) in [6.45, 7) is 1.72. The van der Waals surface area contributed by atoms with Crippen LogP contribution in [0, 0.1) is 12.0 Å². The second-order valence-electron chi connectivity index (χ2n) is 1.64. The maximum absolute atomic E-state index is 4.95. The Hall–Kier alpha value is -1.49. The number of pyridine rings is 1. The van der Waals surface area contributed by atoms with Gasteiger partial charge in [-0.25, -0.2) is 0 Å². The number of nitrogens with zero attached hydrogens (tertiary/aromatic N) is 1. The highest BCUT2D eigenvalue weighted by molar-refractivity contribution is 5.19. The van der Waals surface area contributed by atoms with Crippen molar-refractivity contribution in [1.82, 2.24) is 4.98 Å². The highest BCUT2D eigenvalue weighted by atomic mass is 16.5. The fourth-order valence-corrected chi connectivity index (χ4v) is 0.516. The van der Waals surface area contributed by atoms with Crippen LogP contribution >= 0.6 is 0 Å². The van der Waals surface area contributed by atoms with Gasteiger partial charge in [0.05, 0.1) is 0 Å². The minimum Gasteiger partial charge on any atom is -0.407 e. The maximum Gasteiger partial charge on any atom is 0.143 e. The summed E-state index contributed by atoms with van der Waals surface area (Å²) >= 11 is 0. The lowest BCUT2D eigenvalue weighted by atomic mass is 10.5. The van der Waals surface area contributed by atoms with Crippen molar-refractivity contribution in [3.63, 3.8) is 0 Å². The first-order chi connectivity index (χ1) is 4.93. The van der Waals surface area contributed by atoms with E-state index in [0.29, 0.717) is 0 Å². The second kappa shape index (κ2) is 3.52. The van der Waals surface area contributed by atoms with Crippen molar-refractivity contribution in [3.05, 3.63) is 24.5 Å². The van der Waals surface area contributed by atoms with E-state index < -0.39 is 0 Å². The van der Waals surface area contributed by atoms with Crippen LogP contribution in [0.5, 0.6) is 5.75 Å². The molecule has 0 saturated carbocycles. The normalized spacial score (nSPS) is 7.70. The first-order valence-electron chi connectivity index (χ1n) is 2.92. The summed E-state index contributed by atoms with van der Waals surface area (Å²) in [5.41, 5.74) is 0. The number of rotatable bonds is 1. The molecule has 1 aromatic rings. The van der Waals surface area contributed by atoms with Crippen LogP contribution in [0.1, 0.15) is 6.92 Å². The van der Waals surface area contributed by atoms with E-state index in [2.05, 4.69) is 17.0 Å². The predicted octanol–water partition coefficient (Wildman–Crippen LogP) is 1.44. The Morgan fingerprint density at radius 1 is 1.40 bits per heavy atom. The molecule has 10 heavy (non-hydrogen) atoms. The van der Waals surface area contributed by atoms with Crippen molar-refractivity contribution < 1.29 is 4.74 Å². The van der Waals surface area contributed by atoms with Gasteiger partial charge in [0.2, 0.25) is 0 Å². The molecule has 1 aromatic heterocycles. The smallest absolute Gasteiger partial charge is 0.143 e. The molecule has 0 saturated heterocycles. The van der Waals surface area contributed by atoms with Crippen molar-refractivity contribution in [1.29, 1.82) is 0 Å². The van der Waals surface area contributed by atoms with Gasteiger partial charge in [0.15, 0.2) is 0 Å². The van der Waals surface area contributed by atoms with Crippen LogP contribution in [0.15, 0.2) is 24.5 Å². The topological polar surface area (TPSA) is 22.1 Å². The molecule has 0 radical (unpaired) electrons. The van der Waals surface area contributed by atoms with E-state index in [-0.39, 0.29) is 0 Å². The highest BCUT2D eigenvalue weighted by Crippen LogP contribution is 2.04. The summed E-state index contributed by atoms with van der Waals surface area (Å²) in [5.74, 6) is 3.35. The molecule has 1 heterocycles. The lowest BCUT2D eigenvalue weighted by Gasteiger charge is -1.91. The summed E-state index contributed by atoms with van der Waals surface area (Å²) in [5, 5.41) is 0. The van der Waals surface area contributed by atoms with Crippen molar-refractivity contribution in [2.75, 3.05) is 0 Å². The molecule has 2 nitrogen and oxygen atoms in total. The van der Waals surface area contributed by atoms with E-state index in [1.807, 2.05) is 0 Å². The lowest BCUT2D eigenvalue weighted by Crippen LogP contribution is -1.80.